The fourth-order valence-corrected chi connectivity index (χ4v) is 2.07. The van der Waals surface area contributed by atoms with Crippen LogP contribution in [0.15, 0.2) is 4.99 Å². The lowest BCUT2D eigenvalue weighted by Crippen LogP contribution is -2.28. The Morgan fingerprint density at radius 1 is 1.18 bits per heavy atom. The van der Waals surface area contributed by atoms with Crippen LogP contribution in [0.1, 0.15) is 32.1 Å². The summed E-state index contributed by atoms with van der Waals surface area (Å²) in [5, 5.41) is 3.38. The zero-order chi connectivity index (χ0) is 7.52. The van der Waals surface area contributed by atoms with Crippen molar-refractivity contribution >= 4 is 5.84 Å². The van der Waals surface area contributed by atoms with Crippen LogP contribution >= 0.6 is 0 Å². The smallest absolute Gasteiger partial charge is 0.0995 e. The number of hydrogen-bond acceptors (Lipinski definition) is 2. The minimum absolute atomic E-state index is 0.784. The third-order valence-corrected chi connectivity index (χ3v) is 2.69. The van der Waals surface area contributed by atoms with Gasteiger partial charge in [0.25, 0.3) is 0 Å². The van der Waals surface area contributed by atoms with Crippen LogP contribution in [0.5, 0.6) is 0 Å². The zero-order valence-corrected chi connectivity index (χ0v) is 6.97. The largest absolute Gasteiger partial charge is 0.372 e. The van der Waals surface area contributed by atoms with Crippen LogP contribution in [0.2, 0.25) is 0 Å². The molecular formula is C9H16N2. The van der Waals surface area contributed by atoms with E-state index >= 15 is 0 Å². The van der Waals surface area contributed by atoms with Gasteiger partial charge in [-0.05, 0) is 12.8 Å². The Morgan fingerprint density at radius 3 is 2.64 bits per heavy atom. The van der Waals surface area contributed by atoms with Gasteiger partial charge in [-0.3, -0.25) is 4.99 Å². The Morgan fingerprint density at radius 2 is 2.00 bits per heavy atom. The molecular weight excluding hydrogens is 136 g/mol. The van der Waals surface area contributed by atoms with Gasteiger partial charge in [0.1, 0.15) is 0 Å². The molecule has 1 aliphatic carbocycles. The Labute approximate surface area is 68.1 Å². The predicted molar refractivity (Wildman–Crippen MR) is 46.9 cm³/mol. The molecule has 2 aliphatic rings. The fraction of sp³-hybridized carbons (Fsp3) is 0.889. The van der Waals surface area contributed by atoms with E-state index in [2.05, 4.69) is 10.3 Å². The van der Waals surface area contributed by atoms with E-state index in [1.165, 1.54) is 37.9 Å². The Balaban J connectivity index is 1.92. The van der Waals surface area contributed by atoms with Crippen molar-refractivity contribution < 1.29 is 0 Å². The van der Waals surface area contributed by atoms with Gasteiger partial charge >= 0.3 is 0 Å². The quantitative estimate of drug-likeness (QED) is 0.606. The van der Waals surface area contributed by atoms with Crippen molar-refractivity contribution in [1.29, 1.82) is 0 Å². The minimum atomic E-state index is 0.784. The lowest BCUT2D eigenvalue weighted by molar-refractivity contribution is 0.434. The molecule has 1 N–H and O–H groups in total. The van der Waals surface area contributed by atoms with E-state index in [-0.39, 0.29) is 0 Å². The van der Waals surface area contributed by atoms with Crippen LogP contribution in [0, 0.1) is 5.92 Å². The molecule has 0 saturated heterocycles. The molecule has 62 valence electrons. The molecule has 0 aromatic heterocycles. The van der Waals surface area contributed by atoms with Crippen LogP contribution < -0.4 is 5.32 Å². The van der Waals surface area contributed by atoms with Crippen LogP contribution in [0.4, 0.5) is 0 Å². The molecule has 2 rings (SSSR count). The van der Waals surface area contributed by atoms with Crippen molar-refractivity contribution in [3.05, 3.63) is 0 Å². The van der Waals surface area contributed by atoms with E-state index in [1.807, 2.05) is 0 Å². The second-order valence-corrected chi connectivity index (χ2v) is 3.53. The number of hydrogen-bond donors (Lipinski definition) is 1. The molecule has 0 aromatic rings. The first kappa shape index (κ1) is 7.14. The van der Waals surface area contributed by atoms with Crippen molar-refractivity contribution in [2.75, 3.05) is 13.1 Å². The third kappa shape index (κ3) is 1.55. The highest BCUT2D eigenvalue weighted by atomic mass is 15.1. The molecule has 1 heterocycles. The summed E-state index contributed by atoms with van der Waals surface area (Å²) in [6.45, 7) is 2.08. The number of nitrogens with zero attached hydrogens (tertiary/aromatic N) is 1. The molecule has 0 bridgehead atoms. The third-order valence-electron chi connectivity index (χ3n) is 2.69. The minimum Gasteiger partial charge on any atom is -0.372 e. The molecule has 0 atom stereocenters. The summed E-state index contributed by atoms with van der Waals surface area (Å²) in [4.78, 5) is 4.46. The monoisotopic (exact) mass is 152 g/mol. The first-order chi connectivity index (χ1) is 5.47. The summed E-state index contributed by atoms with van der Waals surface area (Å²) in [5.74, 6) is 2.09. The molecule has 0 aromatic carbocycles. The summed E-state index contributed by atoms with van der Waals surface area (Å²) in [7, 11) is 0. The predicted octanol–water partition coefficient (Wildman–Crippen LogP) is 1.57. The van der Waals surface area contributed by atoms with Gasteiger partial charge in [-0.1, -0.05) is 19.3 Å². The maximum absolute atomic E-state index is 4.46. The highest BCUT2D eigenvalue weighted by Crippen LogP contribution is 2.24. The Kier molecular flexibility index (Phi) is 2.11. The summed E-state index contributed by atoms with van der Waals surface area (Å²) in [6, 6.07) is 0. The summed E-state index contributed by atoms with van der Waals surface area (Å²) < 4.78 is 0. The number of rotatable bonds is 1. The lowest BCUT2D eigenvalue weighted by atomic mass is 9.88. The van der Waals surface area contributed by atoms with E-state index in [0.29, 0.717) is 0 Å². The zero-order valence-electron chi connectivity index (χ0n) is 6.97. The lowest BCUT2D eigenvalue weighted by Gasteiger charge is -2.21. The highest BCUT2D eigenvalue weighted by Gasteiger charge is 2.20. The molecule has 2 heteroatoms. The molecule has 11 heavy (non-hydrogen) atoms. The maximum atomic E-state index is 4.46. The molecule has 0 spiro atoms. The molecule has 1 fully saturated rings. The summed E-state index contributed by atoms with van der Waals surface area (Å²) in [5.41, 5.74) is 0. The molecule has 2 nitrogen and oxygen atoms in total. The standard InChI is InChI=1S/C9H16N2/c1-2-4-8(5-3-1)9-10-6-7-11-9/h8H,1-7H2,(H,10,11). The average Bonchev–Trinajstić information content (AvgIpc) is 2.58. The van der Waals surface area contributed by atoms with Crippen LogP contribution in [-0.2, 0) is 0 Å². The molecule has 0 unspecified atom stereocenters. The van der Waals surface area contributed by atoms with Crippen LogP contribution in [0.25, 0.3) is 0 Å². The second-order valence-electron chi connectivity index (χ2n) is 3.53. The number of nitrogens with one attached hydrogen (secondary N) is 1. The van der Waals surface area contributed by atoms with E-state index in [9.17, 15) is 0 Å². The van der Waals surface area contributed by atoms with Crippen LogP contribution in [0.3, 0.4) is 0 Å². The maximum Gasteiger partial charge on any atom is 0.0995 e. The van der Waals surface area contributed by atoms with Crippen molar-refractivity contribution in [1.82, 2.24) is 5.32 Å². The summed E-state index contributed by atoms with van der Waals surface area (Å²) >= 11 is 0. The average molecular weight is 152 g/mol. The highest BCUT2D eigenvalue weighted by molar-refractivity contribution is 5.85. The van der Waals surface area contributed by atoms with E-state index in [4.69, 9.17) is 0 Å². The molecule has 1 saturated carbocycles. The van der Waals surface area contributed by atoms with Crippen LogP contribution in [-0.4, -0.2) is 18.9 Å². The number of aliphatic imine (C=N–C) groups is 1. The SMILES string of the molecule is C1CCC(C2=NCCN2)CC1. The van der Waals surface area contributed by atoms with E-state index in [0.717, 1.165) is 19.0 Å². The van der Waals surface area contributed by atoms with E-state index < -0.39 is 0 Å². The van der Waals surface area contributed by atoms with Gasteiger partial charge in [-0.15, -0.1) is 0 Å². The molecule has 1 aliphatic heterocycles. The molecule has 0 amide bonds. The van der Waals surface area contributed by atoms with Gasteiger partial charge in [0.2, 0.25) is 0 Å². The van der Waals surface area contributed by atoms with Gasteiger partial charge in [0.15, 0.2) is 0 Å². The van der Waals surface area contributed by atoms with Crippen molar-refractivity contribution in [3.63, 3.8) is 0 Å². The van der Waals surface area contributed by atoms with Gasteiger partial charge in [-0.25, -0.2) is 0 Å². The first-order valence-corrected chi connectivity index (χ1v) is 4.75. The summed E-state index contributed by atoms with van der Waals surface area (Å²) in [6.07, 6.45) is 6.98. The van der Waals surface area contributed by atoms with Crippen molar-refractivity contribution in [2.45, 2.75) is 32.1 Å². The van der Waals surface area contributed by atoms with Gasteiger partial charge < -0.3 is 5.32 Å². The fourth-order valence-electron chi connectivity index (χ4n) is 2.07. The number of amidine groups is 1. The van der Waals surface area contributed by atoms with Gasteiger partial charge in [0, 0.05) is 12.5 Å². The van der Waals surface area contributed by atoms with Gasteiger partial charge in [0.05, 0.1) is 12.4 Å². The first-order valence-electron chi connectivity index (χ1n) is 4.75. The Bertz CT molecular complexity index is 157. The second kappa shape index (κ2) is 3.24. The van der Waals surface area contributed by atoms with Gasteiger partial charge in [-0.2, -0.15) is 0 Å². The van der Waals surface area contributed by atoms with Crippen molar-refractivity contribution in [3.8, 4) is 0 Å². The topological polar surface area (TPSA) is 24.4 Å². The normalized spacial score (nSPS) is 26.4. The van der Waals surface area contributed by atoms with E-state index in [1.54, 1.807) is 0 Å². The Hall–Kier alpha value is -0.530. The molecule has 0 radical (unpaired) electrons. The van der Waals surface area contributed by atoms with Crippen molar-refractivity contribution in [2.24, 2.45) is 10.9 Å².